The minimum absolute atomic E-state index is 0.0209. The zero-order chi connectivity index (χ0) is 18.9. The van der Waals surface area contributed by atoms with E-state index >= 15 is 0 Å². The molecule has 140 valence electrons. The lowest BCUT2D eigenvalue weighted by Gasteiger charge is -2.24. The zero-order valence-electron chi connectivity index (χ0n) is 15.1. The molecule has 0 fully saturated rings. The third-order valence-corrected chi connectivity index (χ3v) is 5.90. The van der Waals surface area contributed by atoms with Crippen molar-refractivity contribution in [3.8, 4) is 16.5 Å². The van der Waals surface area contributed by atoms with Crippen molar-refractivity contribution in [3.63, 3.8) is 0 Å². The van der Waals surface area contributed by atoms with E-state index < -0.39 is 0 Å². The molecule has 2 aromatic heterocycles. The van der Waals surface area contributed by atoms with Gasteiger partial charge in [0, 0.05) is 0 Å². The number of furan rings is 1. The standard InChI is InChI=1S/C22H18N2O3S/c25-21(15-11-14-5-1-3-7-18(14)26-13-15)23-12-16-9-10-19(27-16)22-24-17-6-2-4-8-20(17)28-22/h1-10,15H,11-13H2,(H,23,25). The van der Waals surface area contributed by atoms with Crippen LogP contribution in [0.1, 0.15) is 11.3 Å². The molecule has 5 rings (SSSR count). The number of nitrogens with zero attached hydrogens (tertiary/aromatic N) is 1. The van der Waals surface area contributed by atoms with Gasteiger partial charge in [0.25, 0.3) is 0 Å². The van der Waals surface area contributed by atoms with E-state index in [1.807, 2.05) is 60.7 Å². The van der Waals surface area contributed by atoms with Crippen LogP contribution in [0, 0.1) is 5.92 Å². The van der Waals surface area contributed by atoms with E-state index in [2.05, 4.69) is 10.3 Å². The highest BCUT2D eigenvalue weighted by molar-refractivity contribution is 7.21. The maximum absolute atomic E-state index is 12.5. The number of thiazole rings is 1. The molecule has 0 saturated heterocycles. The molecular weight excluding hydrogens is 372 g/mol. The van der Waals surface area contributed by atoms with Crippen molar-refractivity contribution in [3.05, 3.63) is 72.0 Å². The van der Waals surface area contributed by atoms with Gasteiger partial charge in [-0.3, -0.25) is 4.79 Å². The van der Waals surface area contributed by atoms with Crippen LogP contribution in [0.4, 0.5) is 0 Å². The fraction of sp³-hybridized carbons (Fsp3) is 0.182. The molecule has 4 aromatic rings. The first-order chi connectivity index (χ1) is 13.8. The highest BCUT2D eigenvalue weighted by Gasteiger charge is 2.25. The van der Waals surface area contributed by atoms with Crippen molar-refractivity contribution in [1.82, 2.24) is 10.3 Å². The van der Waals surface area contributed by atoms with Crippen molar-refractivity contribution in [2.45, 2.75) is 13.0 Å². The van der Waals surface area contributed by atoms with Crippen molar-refractivity contribution < 1.29 is 13.9 Å². The van der Waals surface area contributed by atoms with Gasteiger partial charge in [0.05, 0.1) is 22.7 Å². The molecule has 2 aromatic carbocycles. The fourth-order valence-electron chi connectivity index (χ4n) is 3.38. The monoisotopic (exact) mass is 390 g/mol. The largest absolute Gasteiger partial charge is 0.492 e. The van der Waals surface area contributed by atoms with Crippen LogP contribution in [0.2, 0.25) is 0 Å². The Labute approximate surface area is 166 Å². The molecular formula is C22H18N2O3S. The number of carbonyl (C=O) groups excluding carboxylic acids is 1. The van der Waals surface area contributed by atoms with E-state index in [1.165, 1.54) is 0 Å². The SMILES string of the molecule is O=C(NCc1ccc(-c2nc3ccccc3s2)o1)C1COc2ccccc2C1. The number of benzene rings is 2. The second-order valence-electron chi connectivity index (χ2n) is 6.79. The predicted octanol–water partition coefficient (Wildman–Crippen LogP) is 4.42. The maximum Gasteiger partial charge on any atom is 0.227 e. The lowest BCUT2D eigenvalue weighted by atomic mass is 9.96. The summed E-state index contributed by atoms with van der Waals surface area (Å²) in [4.78, 5) is 17.1. The average Bonchev–Trinajstić information content (AvgIpc) is 3.38. The fourth-order valence-corrected chi connectivity index (χ4v) is 4.31. The van der Waals surface area contributed by atoms with Crippen molar-refractivity contribution in [2.75, 3.05) is 6.61 Å². The minimum atomic E-state index is -0.186. The normalized spacial score (nSPS) is 15.8. The Hall–Kier alpha value is -3.12. The van der Waals surface area contributed by atoms with Gasteiger partial charge in [-0.15, -0.1) is 11.3 Å². The predicted molar refractivity (Wildman–Crippen MR) is 108 cm³/mol. The summed E-state index contributed by atoms with van der Waals surface area (Å²) in [5.74, 6) is 2.10. The lowest BCUT2D eigenvalue weighted by Crippen LogP contribution is -2.36. The van der Waals surface area contributed by atoms with E-state index in [0.717, 1.165) is 32.3 Å². The summed E-state index contributed by atoms with van der Waals surface area (Å²) in [6.07, 6.45) is 0.692. The van der Waals surface area contributed by atoms with Gasteiger partial charge in [-0.2, -0.15) is 0 Å². The molecule has 0 spiro atoms. The summed E-state index contributed by atoms with van der Waals surface area (Å²) >= 11 is 1.60. The van der Waals surface area contributed by atoms with Gasteiger partial charge in [-0.05, 0) is 42.3 Å². The van der Waals surface area contributed by atoms with Gasteiger partial charge in [0.1, 0.15) is 18.1 Å². The van der Waals surface area contributed by atoms with Crippen molar-refractivity contribution in [2.24, 2.45) is 5.92 Å². The molecule has 28 heavy (non-hydrogen) atoms. The van der Waals surface area contributed by atoms with E-state index in [0.29, 0.717) is 25.3 Å². The molecule has 0 bridgehead atoms. The van der Waals surface area contributed by atoms with Crippen LogP contribution in [0.5, 0.6) is 5.75 Å². The first-order valence-electron chi connectivity index (χ1n) is 9.19. The topological polar surface area (TPSA) is 64.4 Å². The number of aromatic nitrogens is 1. The van der Waals surface area contributed by atoms with E-state index in [-0.39, 0.29) is 11.8 Å². The highest BCUT2D eigenvalue weighted by atomic mass is 32.1. The third-order valence-electron chi connectivity index (χ3n) is 4.85. The van der Waals surface area contributed by atoms with Crippen LogP contribution in [0.25, 0.3) is 21.0 Å². The number of rotatable bonds is 4. The van der Waals surface area contributed by atoms with Crippen LogP contribution >= 0.6 is 11.3 Å². The number of nitrogens with one attached hydrogen (secondary N) is 1. The molecule has 1 atom stereocenters. The van der Waals surface area contributed by atoms with E-state index in [9.17, 15) is 4.79 Å². The molecule has 6 heteroatoms. The van der Waals surface area contributed by atoms with Gasteiger partial charge in [-0.25, -0.2) is 4.98 Å². The van der Waals surface area contributed by atoms with Crippen LogP contribution in [0.15, 0.2) is 65.1 Å². The van der Waals surface area contributed by atoms with Crippen LogP contribution in [0.3, 0.4) is 0 Å². The molecule has 1 unspecified atom stereocenters. The highest BCUT2D eigenvalue weighted by Crippen LogP contribution is 2.31. The summed E-state index contributed by atoms with van der Waals surface area (Å²) in [7, 11) is 0. The Morgan fingerprint density at radius 3 is 2.89 bits per heavy atom. The quantitative estimate of drug-likeness (QED) is 0.560. The molecule has 1 amide bonds. The van der Waals surface area contributed by atoms with E-state index in [1.54, 1.807) is 11.3 Å². The Morgan fingerprint density at radius 1 is 1.11 bits per heavy atom. The summed E-state index contributed by atoms with van der Waals surface area (Å²) in [6.45, 7) is 0.750. The second kappa shape index (κ2) is 7.13. The number of para-hydroxylation sites is 2. The van der Waals surface area contributed by atoms with Gasteiger partial charge in [0.15, 0.2) is 10.8 Å². The first kappa shape index (κ1) is 17.0. The van der Waals surface area contributed by atoms with Crippen LogP contribution in [-0.4, -0.2) is 17.5 Å². The molecule has 1 aliphatic rings. The Morgan fingerprint density at radius 2 is 1.96 bits per heavy atom. The maximum atomic E-state index is 12.5. The Bertz CT molecular complexity index is 1110. The summed E-state index contributed by atoms with van der Waals surface area (Å²) in [5.41, 5.74) is 2.04. The van der Waals surface area contributed by atoms with Crippen molar-refractivity contribution in [1.29, 1.82) is 0 Å². The molecule has 1 aliphatic heterocycles. The summed E-state index contributed by atoms with van der Waals surface area (Å²) in [6, 6.07) is 19.7. The molecule has 0 aliphatic carbocycles. The Kier molecular flexibility index (Phi) is 4.33. The number of hydrogen-bond donors (Lipinski definition) is 1. The van der Waals surface area contributed by atoms with Gasteiger partial charge < -0.3 is 14.5 Å². The van der Waals surface area contributed by atoms with Crippen LogP contribution < -0.4 is 10.1 Å². The number of amides is 1. The van der Waals surface area contributed by atoms with E-state index in [4.69, 9.17) is 9.15 Å². The number of fused-ring (bicyclic) bond motifs is 2. The lowest BCUT2D eigenvalue weighted by molar-refractivity contribution is -0.126. The summed E-state index contributed by atoms with van der Waals surface area (Å²) in [5, 5.41) is 3.80. The van der Waals surface area contributed by atoms with Gasteiger partial charge in [0.2, 0.25) is 5.91 Å². The number of hydrogen-bond acceptors (Lipinski definition) is 5. The zero-order valence-corrected chi connectivity index (χ0v) is 15.9. The number of carbonyl (C=O) groups is 1. The van der Waals surface area contributed by atoms with Crippen LogP contribution in [-0.2, 0) is 17.8 Å². The van der Waals surface area contributed by atoms with Crippen molar-refractivity contribution >= 4 is 27.5 Å². The molecule has 0 saturated carbocycles. The number of ether oxygens (including phenoxy) is 1. The smallest absolute Gasteiger partial charge is 0.227 e. The van der Waals surface area contributed by atoms with Gasteiger partial charge in [-0.1, -0.05) is 30.3 Å². The summed E-state index contributed by atoms with van der Waals surface area (Å²) < 4.78 is 12.7. The molecule has 0 radical (unpaired) electrons. The average molecular weight is 390 g/mol. The Balaban J connectivity index is 1.23. The second-order valence-corrected chi connectivity index (χ2v) is 7.82. The van der Waals surface area contributed by atoms with Gasteiger partial charge >= 0.3 is 0 Å². The molecule has 3 heterocycles. The molecule has 5 nitrogen and oxygen atoms in total. The molecule has 1 N–H and O–H groups in total. The minimum Gasteiger partial charge on any atom is -0.492 e. The third kappa shape index (κ3) is 3.27. The first-order valence-corrected chi connectivity index (χ1v) is 10.0.